The summed E-state index contributed by atoms with van der Waals surface area (Å²) < 4.78 is 6.47. The maximum atomic E-state index is 12.0. The zero-order valence-corrected chi connectivity index (χ0v) is 18.0. The van der Waals surface area contributed by atoms with E-state index in [0.29, 0.717) is 22.1 Å². The third-order valence-corrected chi connectivity index (χ3v) is 4.59. The summed E-state index contributed by atoms with van der Waals surface area (Å²) in [6.45, 7) is 7.78. The molecule has 0 bridgehead atoms. The number of ether oxygens (including phenoxy) is 1. The molecule has 0 aliphatic heterocycles. The molecule has 1 aromatic carbocycles. The lowest BCUT2D eigenvalue weighted by atomic mass is 10.1. The van der Waals surface area contributed by atoms with Crippen LogP contribution in [0.15, 0.2) is 30.3 Å². The summed E-state index contributed by atoms with van der Waals surface area (Å²) in [6, 6.07) is 9.05. The third kappa shape index (κ3) is 4.52. The van der Waals surface area contributed by atoms with Crippen molar-refractivity contribution in [3.05, 3.63) is 51.9 Å². The average Bonchev–Trinajstić information content (AvgIpc) is 3.04. The van der Waals surface area contributed by atoms with E-state index in [0.717, 1.165) is 5.56 Å². The second-order valence-electron chi connectivity index (χ2n) is 6.62. The average molecular weight is 434 g/mol. The molecule has 7 nitrogen and oxygen atoms in total. The van der Waals surface area contributed by atoms with Crippen LogP contribution in [0.25, 0.3) is 17.1 Å². The Balaban J connectivity index is 2.15. The Labute approximate surface area is 179 Å². The van der Waals surface area contributed by atoms with Gasteiger partial charge in [0.05, 0.1) is 12.2 Å². The molecule has 2 heterocycles. The van der Waals surface area contributed by atoms with Gasteiger partial charge in [0.1, 0.15) is 11.0 Å². The zero-order chi connectivity index (χ0) is 21.1. The number of halogens is 2. The molecule has 0 spiro atoms. The first kappa shape index (κ1) is 21.1. The molecule has 152 valence electrons. The van der Waals surface area contributed by atoms with Gasteiger partial charge >= 0.3 is 5.97 Å². The molecule has 0 aliphatic rings. The monoisotopic (exact) mass is 433 g/mol. The molecule has 0 amide bonds. The lowest BCUT2D eigenvalue weighted by Gasteiger charge is -2.17. The van der Waals surface area contributed by atoms with Gasteiger partial charge in [-0.05, 0) is 39.8 Å². The number of aromatic nitrogens is 4. The summed E-state index contributed by atoms with van der Waals surface area (Å²) in [5, 5.41) is 8.34. The number of anilines is 1. The quantitative estimate of drug-likeness (QED) is 0.437. The first-order valence-electron chi connectivity index (χ1n) is 9.15. The number of hydrogen-bond acceptors (Lipinski definition) is 6. The van der Waals surface area contributed by atoms with E-state index in [1.165, 1.54) is 4.68 Å². The van der Waals surface area contributed by atoms with Gasteiger partial charge in [0.15, 0.2) is 5.69 Å². The predicted molar refractivity (Wildman–Crippen MR) is 114 cm³/mol. The van der Waals surface area contributed by atoms with E-state index >= 15 is 0 Å². The van der Waals surface area contributed by atoms with Gasteiger partial charge in [0.25, 0.3) is 5.95 Å². The highest BCUT2D eigenvalue weighted by molar-refractivity contribution is 6.36. The van der Waals surface area contributed by atoms with E-state index in [-0.39, 0.29) is 29.4 Å². The smallest absolute Gasteiger partial charge is 0.358 e. The second kappa shape index (κ2) is 8.80. The normalized spacial score (nSPS) is 11.0. The van der Waals surface area contributed by atoms with Gasteiger partial charge in [-0.2, -0.15) is 15.1 Å². The standard InChI is InChI=1S/C20H21Cl2N5O2/c1-5-29-19(28)15-10-12(4)27(26-15)20-24-17(22)16(18(25-20)23-11(2)3)13-8-6-7-9-14(13)21/h6-11H,5H2,1-4H3,(H,23,24,25). The Morgan fingerprint density at radius 3 is 2.62 bits per heavy atom. The Kier molecular flexibility index (Phi) is 6.39. The Morgan fingerprint density at radius 2 is 1.97 bits per heavy atom. The van der Waals surface area contributed by atoms with Crippen LogP contribution in [0, 0.1) is 6.92 Å². The van der Waals surface area contributed by atoms with Crippen molar-refractivity contribution in [2.45, 2.75) is 33.7 Å². The van der Waals surface area contributed by atoms with Crippen molar-refractivity contribution < 1.29 is 9.53 Å². The number of carbonyl (C=O) groups is 1. The molecule has 3 aromatic rings. The molecule has 0 fully saturated rings. The fraction of sp³-hybridized carbons (Fsp3) is 0.300. The summed E-state index contributed by atoms with van der Waals surface area (Å²) in [5.74, 6) is 0.256. The van der Waals surface area contributed by atoms with Crippen LogP contribution in [0.5, 0.6) is 0 Å². The van der Waals surface area contributed by atoms with E-state index in [9.17, 15) is 4.79 Å². The molecular weight excluding hydrogens is 413 g/mol. The SMILES string of the molecule is CCOC(=O)c1cc(C)n(-c2nc(Cl)c(-c3ccccc3Cl)c(NC(C)C)n2)n1. The molecule has 3 rings (SSSR count). The highest BCUT2D eigenvalue weighted by Gasteiger charge is 2.21. The summed E-state index contributed by atoms with van der Waals surface area (Å²) in [7, 11) is 0. The molecule has 0 aliphatic carbocycles. The van der Waals surface area contributed by atoms with Crippen LogP contribution in [0.3, 0.4) is 0 Å². The number of esters is 1. The molecular formula is C20H21Cl2N5O2. The Morgan fingerprint density at radius 1 is 1.24 bits per heavy atom. The number of carbonyl (C=O) groups excluding carboxylic acids is 1. The van der Waals surface area contributed by atoms with Crippen LogP contribution in [-0.4, -0.2) is 38.4 Å². The van der Waals surface area contributed by atoms with Crippen molar-refractivity contribution >= 4 is 35.0 Å². The highest BCUT2D eigenvalue weighted by Crippen LogP contribution is 2.37. The molecule has 0 atom stereocenters. The molecule has 9 heteroatoms. The second-order valence-corrected chi connectivity index (χ2v) is 7.39. The number of nitrogens with one attached hydrogen (secondary N) is 1. The van der Waals surface area contributed by atoms with Crippen molar-refractivity contribution in [3.8, 4) is 17.1 Å². The number of aryl methyl sites for hydroxylation is 1. The van der Waals surface area contributed by atoms with Crippen molar-refractivity contribution in [3.63, 3.8) is 0 Å². The van der Waals surface area contributed by atoms with Gasteiger partial charge in [-0.25, -0.2) is 9.48 Å². The van der Waals surface area contributed by atoms with E-state index in [1.54, 1.807) is 26.0 Å². The van der Waals surface area contributed by atoms with Crippen LogP contribution in [0.2, 0.25) is 10.2 Å². The van der Waals surface area contributed by atoms with Crippen LogP contribution < -0.4 is 5.32 Å². The fourth-order valence-corrected chi connectivity index (χ4v) is 3.28. The summed E-state index contributed by atoms with van der Waals surface area (Å²) in [6.07, 6.45) is 0. The lowest BCUT2D eigenvalue weighted by Crippen LogP contribution is -2.15. The van der Waals surface area contributed by atoms with Crippen molar-refractivity contribution in [1.82, 2.24) is 19.7 Å². The van der Waals surface area contributed by atoms with Gasteiger partial charge in [-0.3, -0.25) is 0 Å². The molecule has 1 N–H and O–H groups in total. The van der Waals surface area contributed by atoms with Crippen molar-refractivity contribution in [1.29, 1.82) is 0 Å². The number of hydrogen-bond donors (Lipinski definition) is 1. The highest BCUT2D eigenvalue weighted by atomic mass is 35.5. The first-order chi connectivity index (χ1) is 13.8. The first-order valence-corrected chi connectivity index (χ1v) is 9.90. The van der Waals surface area contributed by atoms with Crippen LogP contribution in [0.4, 0.5) is 5.82 Å². The molecule has 2 aromatic heterocycles. The van der Waals surface area contributed by atoms with Crippen LogP contribution in [0.1, 0.15) is 37.0 Å². The minimum absolute atomic E-state index is 0.0869. The van der Waals surface area contributed by atoms with Gasteiger partial charge in [0.2, 0.25) is 0 Å². The molecule has 0 saturated carbocycles. The Bertz CT molecular complexity index is 1050. The van der Waals surface area contributed by atoms with E-state index in [2.05, 4.69) is 20.4 Å². The largest absolute Gasteiger partial charge is 0.461 e. The summed E-state index contributed by atoms with van der Waals surface area (Å²) in [5.41, 5.74) is 2.17. The predicted octanol–water partition coefficient (Wildman–Crippen LogP) is 4.94. The molecule has 29 heavy (non-hydrogen) atoms. The molecule has 0 unspecified atom stereocenters. The lowest BCUT2D eigenvalue weighted by molar-refractivity contribution is 0.0519. The fourth-order valence-electron chi connectivity index (χ4n) is 2.78. The third-order valence-electron chi connectivity index (χ3n) is 3.98. The maximum absolute atomic E-state index is 12.0. The van der Waals surface area contributed by atoms with Gasteiger partial charge < -0.3 is 10.1 Å². The number of benzene rings is 1. The topological polar surface area (TPSA) is 81.9 Å². The van der Waals surface area contributed by atoms with Crippen LogP contribution >= 0.6 is 23.2 Å². The number of nitrogens with zero attached hydrogens (tertiary/aromatic N) is 4. The van der Waals surface area contributed by atoms with E-state index in [4.69, 9.17) is 27.9 Å². The molecule has 0 radical (unpaired) electrons. The van der Waals surface area contributed by atoms with Gasteiger partial charge in [-0.1, -0.05) is 41.4 Å². The minimum Gasteiger partial charge on any atom is -0.461 e. The van der Waals surface area contributed by atoms with Crippen LogP contribution in [-0.2, 0) is 4.74 Å². The maximum Gasteiger partial charge on any atom is 0.358 e. The van der Waals surface area contributed by atoms with E-state index < -0.39 is 5.97 Å². The van der Waals surface area contributed by atoms with Crippen molar-refractivity contribution in [2.24, 2.45) is 0 Å². The van der Waals surface area contributed by atoms with E-state index in [1.807, 2.05) is 32.0 Å². The summed E-state index contributed by atoms with van der Waals surface area (Å²) >= 11 is 12.9. The molecule has 0 saturated heterocycles. The zero-order valence-electron chi connectivity index (χ0n) is 16.5. The van der Waals surface area contributed by atoms with Crippen molar-refractivity contribution in [2.75, 3.05) is 11.9 Å². The van der Waals surface area contributed by atoms with Gasteiger partial charge in [-0.15, -0.1) is 0 Å². The minimum atomic E-state index is -0.506. The summed E-state index contributed by atoms with van der Waals surface area (Å²) in [4.78, 5) is 21.0. The van der Waals surface area contributed by atoms with Gasteiger partial charge in [0, 0.05) is 22.3 Å². The Hall–Kier alpha value is -2.64. The number of rotatable bonds is 6.